The van der Waals surface area contributed by atoms with Crippen LogP contribution < -0.4 is 16.0 Å². The van der Waals surface area contributed by atoms with Gasteiger partial charge >= 0.3 is 0 Å². The summed E-state index contributed by atoms with van der Waals surface area (Å²) >= 11 is 0. The molecule has 0 saturated heterocycles. The van der Waals surface area contributed by atoms with E-state index in [-0.39, 0.29) is 0 Å². The van der Waals surface area contributed by atoms with Crippen molar-refractivity contribution in [1.29, 1.82) is 0 Å². The van der Waals surface area contributed by atoms with E-state index in [9.17, 15) is 9.59 Å². The van der Waals surface area contributed by atoms with Gasteiger partial charge in [-0.05, 0) is 24.1 Å². The largest absolute Gasteiger partial charge is 0.497 e. The summed E-state index contributed by atoms with van der Waals surface area (Å²) in [6.45, 7) is 0. The highest BCUT2D eigenvalue weighted by atomic mass is 16.5. The van der Waals surface area contributed by atoms with E-state index >= 15 is 0 Å². The quantitative estimate of drug-likeness (QED) is 0.514. The normalized spacial score (nSPS) is 25.3. The summed E-state index contributed by atoms with van der Waals surface area (Å²) in [5.41, 5.74) is 6.54. The van der Waals surface area contributed by atoms with Crippen molar-refractivity contribution in [2.75, 3.05) is 7.11 Å². The first kappa shape index (κ1) is 12.4. The van der Waals surface area contributed by atoms with Crippen LogP contribution in [0.2, 0.25) is 0 Å². The van der Waals surface area contributed by atoms with Crippen LogP contribution in [-0.4, -0.2) is 24.1 Å². The molecule has 1 aliphatic carbocycles. The number of benzene rings is 1. The first-order chi connectivity index (χ1) is 8.56. The number of methoxy groups -OCH3 is 1. The minimum absolute atomic E-state index is 0.294. The van der Waals surface area contributed by atoms with Crippen LogP contribution in [0, 0.1) is 5.92 Å². The average Bonchev–Trinajstić information content (AvgIpc) is 3.14. The fourth-order valence-electron chi connectivity index (χ4n) is 2.29. The molecule has 0 radical (unpaired) electrons. The molecule has 1 aromatic rings. The molecule has 96 valence electrons. The van der Waals surface area contributed by atoms with Crippen LogP contribution in [0.1, 0.15) is 12.0 Å². The number of nitrogens with two attached hydrogens (primary N) is 1. The number of hydrogen-bond donors (Lipinski definition) is 3. The maximum atomic E-state index is 11.6. The van der Waals surface area contributed by atoms with Gasteiger partial charge in [0.05, 0.1) is 18.4 Å². The third kappa shape index (κ3) is 1.70. The molecule has 0 unspecified atom stereocenters. The number of ether oxygens (including phenoxy) is 1. The molecular weight excluding hydrogens is 236 g/mol. The van der Waals surface area contributed by atoms with Crippen molar-refractivity contribution in [3.05, 3.63) is 29.8 Å². The Labute approximate surface area is 104 Å². The molecule has 2 atom stereocenters. The van der Waals surface area contributed by atoms with Crippen LogP contribution in [0.4, 0.5) is 0 Å². The van der Waals surface area contributed by atoms with Gasteiger partial charge in [-0.3, -0.25) is 14.8 Å². The lowest BCUT2D eigenvalue weighted by molar-refractivity contribution is -0.132. The molecule has 1 aromatic carbocycles. The number of primary amides is 1. The number of carbonyl (C=O) groups excluding carboxylic acids is 2. The summed E-state index contributed by atoms with van der Waals surface area (Å²) in [5, 5.41) is 8.63. The lowest BCUT2D eigenvalue weighted by Crippen LogP contribution is -2.35. The van der Waals surface area contributed by atoms with E-state index in [1.165, 1.54) is 7.11 Å². The van der Waals surface area contributed by atoms with E-state index in [0.29, 0.717) is 17.7 Å². The summed E-state index contributed by atoms with van der Waals surface area (Å²) in [6, 6.07) is 6.86. The highest BCUT2D eigenvalue weighted by Gasteiger charge is 2.63. The van der Waals surface area contributed by atoms with Gasteiger partial charge in [0.1, 0.15) is 5.75 Å². The topological polar surface area (TPSA) is 102 Å². The molecule has 18 heavy (non-hydrogen) atoms. The van der Waals surface area contributed by atoms with Crippen LogP contribution in [0.3, 0.4) is 0 Å². The lowest BCUT2D eigenvalue weighted by atomic mass is 9.92. The van der Waals surface area contributed by atoms with Crippen molar-refractivity contribution in [3.8, 4) is 5.75 Å². The summed E-state index contributed by atoms with van der Waals surface area (Å²) < 4.78 is 5.08. The molecule has 2 amide bonds. The van der Waals surface area contributed by atoms with E-state index < -0.39 is 23.1 Å². The smallest absolute Gasteiger partial charge is 0.247 e. The molecule has 1 aliphatic rings. The number of nitrogens with one attached hydrogen (secondary N) is 1. The van der Waals surface area contributed by atoms with Crippen LogP contribution in [0.15, 0.2) is 24.3 Å². The van der Waals surface area contributed by atoms with E-state index in [4.69, 9.17) is 15.7 Å². The van der Waals surface area contributed by atoms with Gasteiger partial charge in [0.25, 0.3) is 0 Å². The molecule has 1 fully saturated rings. The van der Waals surface area contributed by atoms with E-state index in [1.807, 2.05) is 0 Å². The molecule has 2 rings (SSSR count). The Morgan fingerprint density at radius 2 is 2.28 bits per heavy atom. The second kappa shape index (κ2) is 4.30. The molecule has 0 spiro atoms. The monoisotopic (exact) mass is 250 g/mol. The third-order valence-electron chi connectivity index (χ3n) is 3.41. The Hall–Kier alpha value is -2.08. The van der Waals surface area contributed by atoms with Gasteiger partial charge in [0.2, 0.25) is 11.8 Å². The third-order valence-corrected chi connectivity index (χ3v) is 3.41. The van der Waals surface area contributed by atoms with Gasteiger partial charge in [0, 0.05) is 0 Å². The van der Waals surface area contributed by atoms with Crippen molar-refractivity contribution >= 4 is 11.8 Å². The second-order valence-electron chi connectivity index (χ2n) is 4.30. The fourth-order valence-corrected chi connectivity index (χ4v) is 2.29. The standard InChI is InChI=1S/C12H14N2O4/c1-18-8-4-2-3-7(5-8)12(11(13)16)6-9(12)10(15)14-17/h2-5,9,17H,6H2,1H3,(H2,13,16)(H,14,15)/t9-,12-/m1/s1. The van der Waals surface area contributed by atoms with Crippen molar-refractivity contribution in [2.24, 2.45) is 11.7 Å². The Kier molecular flexibility index (Phi) is 2.96. The summed E-state index contributed by atoms with van der Waals surface area (Å²) in [4.78, 5) is 23.1. The molecule has 6 heteroatoms. The van der Waals surface area contributed by atoms with E-state index in [1.54, 1.807) is 29.7 Å². The molecular formula is C12H14N2O4. The summed E-state index contributed by atoms with van der Waals surface area (Å²) in [7, 11) is 1.51. The van der Waals surface area contributed by atoms with Crippen LogP contribution in [-0.2, 0) is 15.0 Å². The molecule has 0 aliphatic heterocycles. The second-order valence-corrected chi connectivity index (χ2v) is 4.30. The molecule has 1 saturated carbocycles. The number of amides is 2. The maximum Gasteiger partial charge on any atom is 0.247 e. The zero-order chi connectivity index (χ0) is 13.3. The number of hydroxylamine groups is 1. The van der Waals surface area contributed by atoms with Gasteiger partial charge in [-0.15, -0.1) is 0 Å². The maximum absolute atomic E-state index is 11.6. The Balaban J connectivity index is 2.39. The lowest BCUT2D eigenvalue weighted by Gasteiger charge is -2.14. The van der Waals surface area contributed by atoms with Crippen LogP contribution >= 0.6 is 0 Å². The Morgan fingerprint density at radius 1 is 1.56 bits per heavy atom. The van der Waals surface area contributed by atoms with Crippen molar-refractivity contribution in [1.82, 2.24) is 5.48 Å². The number of carbonyl (C=O) groups is 2. The van der Waals surface area contributed by atoms with Gasteiger partial charge in [-0.25, -0.2) is 5.48 Å². The fraction of sp³-hybridized carbons (Fsp3) is 0.333. The first-order valence-electron chi connectivity index (χ1n) is 5.44. The SMILES string of the molecule is COc1cccc([C@]2(C(N)=O)C[C@@H]2C(=O)NO)c1. The summed E-state index contributed by atoms with van der Waals surface area (Å²) in [5.74, 6) is -1.23. The highest BCUT2D eigenvalue weighted by molar-refractivity contribution is 5.99. The number of rotatable bonds is 4. The average molecular weight is 250 g/mol. The Morgan fingerprint density at radius 3 is 2.83 bits per heavy atom. The molecule has 0 aromatic heterocycles. The van der Waals surface area contributed by atoms with Gasteiger partial charge < -0.3 is 10.5 Å². The minimum atomic E-state index is -1.04. The first-order valence-corrected chi connectivity index (χ1v) is 5.44. The van der Waals surface area contributed by atoms with Gasteiger partial charge in [-0.2, -0.15) is 0 Å². The zero-order valence-electron chi connectivity index (χ0n) is 9.84. The predicted octanol–water partition coefficient (Wildman–Crippen LogP) is -0.0564. The minimum Gasteiger partial charge on any atom is -0.497 e. The highest BCUT2D eigenvalue weighted by Crippen LogP contribution is 2.54. The number of hydrogen-bond acceptors (Lipinski definition) is 4. The van der Waals surface area contributed by atoms with E-state index in [0.717, 1.165) is 0 Å². The molecule has 6 nitrogen and oxygen atoms in total. The van der Waals surface area contributed by atoms with Gasteiger partial charge in [0.15, 0.2) is 0 Å². The molecule has 0 heterocycles. The summed E-state index contributed by atoms with van der Waals surface area (Å²) in [6.07, 6.45) is 0.294. The Bertz CT molecular complexity index is 503. The van der Waals surface area contributed by atoms with Crippen molar-refractivity contribution in [3.63, 3.8) is 0 Å². The van der Waals surface area contributed by atoms with Crippen molar-refractivity contribution < 1.29 is 19.5 Å². The predicted molar refractivity (Wildman–Crippen MR) is 61.9 cm³/mol. The molecule has 4 N–H and O–H groups in total. The zero-order valence-corrected chi connectivity index (χ0v) is 9.84. The van der Waals surface area contributed by atoms with Crippen LogP contribution in [0.25, 0.3) is 0 Å². The van der Waals surface area contributed by atoms with Gasteiger partial charge in [-0.1, -0.05) is 12.1 Å². The van der Waals surface area contributed by atoms with Crippen LogP contribution in [0.5, 0.6) is 5.75 Å². The van der Waals surface area contributed by atoms with Crippen molar-refractivity contribution in [2.45, 2.75) is 11.8 Å². The molecule has 0 bridgehead atoms. The van der Waals surface area contributed by atoms with E-state index in [2.05, 4.69) is 0 Å².